The SMILES string of the molecule is COc1ccccc1CCNCc1cn(C)nc1-c1ccncc1. The number of hydrogen-bond acceptors (Lipinski definition) is 4. The van der Waals surface area contributed by atoms with E-state index in [-0.39, 0.29) is 0 Å². The summed E-state index contributed by atoms with van der Waals surface area (Å²) in [6.07, 6.45) is 6.58. The predicted molar refractivity (Wildman–Crippen MR) is 94.8 cm³/mol. The lowest BCUT2D eigenvalue weighted by molar-refractivity contribution is 0.409. The maximum Gasteiger partial charge on any atom is 0.122 e. The van der Waals surface area contributed by atoms with Crippen LogP contribution in [0.25, 0.3) is 11.3 Å². The maximum absolute atomic E-state index is 5.39. The summed E-state index contributed by atoms with van der Waals surface area (Å²) in [6.45, 7) is 1.66. The number of nitrogens with zero attached hydrogens (tertiary/aromatic N) is 3. The Morgan fingerprint density at radius 3 is 2.67 bits per heavy atom. The van der Waals surface area contributed by atoms with Crippen LogP contribution in [0.1, 0.15) is 11.1 Å². The first kappa shape index (κ1) is 16.2. The van der Waals surface area contributed by atoms with E-state index in [4.69, 9.17) is 4.74 Å². The smallest absolute Gasteiger partial charge is 0.122 e. The van der Waals surface area contributed by atoms with Crippen LogP contribution in [0.3, 0.4) is 0 Å². The molecule has 2 heterocycles. The monoisotopic (exact) mass is 322 g/mol. The molecule has 24 heavy (non-hydrogen) atoms. The highest BCUT2D eigenvalue weighted by Gasteiger charge is 2.09. The minimum absolute atomic E-state index is 0.778. The average molecular weight is 322 g/mol. The van der Waals surface area contributed by atoms with E-state index in [0.717, 1.165) is 36.5 Å². The van der Waals surface area contributed by atoms with Gasteiger partial charge in [0, 0.05) is 43.3 Å². The molecule has 0 aliphatic heterocycles. The number of hydrogen-bond donors (Lipinski definition) is 1. The third kappa shape index (κ3) is 3.81. The number of aromatic nitrogens is 3. The van der Waals surface area contributed by atoms with Gasteiger partial charge in [-0.3, -0.25) is 9.67 Å². The third-order valence-electron chi connectivity index (χ3n) is 3.94. The first-order valence-corrected chi connectivity index (χ1v) is 8.03. The van der Waals surface area contributed by atoms with E-state index in [2.05, 4.69) is 27.7 Å². The molecule has 5 nitrogen and oxygen atoms in total. The van der Waals surface area contributed by atoms with Crippen molar-refractivity contribution in [3.05, 3.63) is 66.1 Å². The molecule has 0 atom stereocenters. The Labute approximate surface area is 142 Å². The molecular formula is C19H22N4O. The van der Waals surface area contributed by atoms with Crippen LogP contribution >= 0.6 is 0 Å². The van der Waals surface area contributed by atoms with Crippen molar-refractivity contribution in [3.63, 3.8) is 0 Å². The molecule has 3 aromatic rings. The van der Waals surface area contributed by atoms with E-state index >= 15 is 0 Å². The number of methoxy groups -OCH3 is 1. The zero-order valence-corrected chi connectivity index (χ0v) is 14.1. The molecule has 3 rings (SSSR count). The van der Waals surface area contributed by atoms with Gasteiger partial charge in [-0.05, 0) is 36.7 Å². The highest BCUT2D eigenvalue weighted by atomic mass is 16.5. The van der Waals surface area contributed by atoms with Crippen molar-refractivity contribution in [2.24, 2.45) is 7.05 Å². The van der Waals surface area contributed by atoms with Crippen LogP contribution in [-0.2, 0) is 20.0 Å². The van der Waals surface area contributed by atoms with Crippen molar-refractivity contribution in [2.75, 3.05) is 13.7 Å². The normalized spacial score (nSPS) is 10.8. The highest BCUT2D eigenvalue weighted by Crippen LogP contribution is 2.21. The first-order chi connectivity index (χ1) is 11.8. The van der Waals surface area contributed by atoms with Gasteiger partial charge in [0.25, 0.3) is 0 Å². The van der Waals surface area contributed by atoms with Crippen LogP contribution in [0.4, 0.5) is 0 Å². The van der Waals surface area contributed by atoms with E-state index in [0.29, 0.717) is 0 Å². The first-order valence-electron chi connectivity index (χ1n) is 8.03. The zero-order valence-electron chi connectivity index (χ0n) is 14.1. The van der Waals surface area contributed by atoms with E-state index in [1.54, 1.807) is 19.5 Å². The fraction of sp³-hybridized carbons (Fsp3) is 0.263. The number of pyridine rings is 1. The largest absolute Gasteiger partial charge is 0.496 e. The van der Waals surface area contributed by atoms with Gasteiger partial charge in [0.05, 0.1) is 12.8 Å². The number of rotatable bonds is 7. The van der Waals surface area contributed by atoms with Gasteiger partial charge < -0.3 is 10.1 Å². The summed E-state index contributed by atoms with van der Waals surface area (Å²) in [6, 6.07) is 12.1. The molecule has 0 aliphatic rings. The Balaban J connectivity index is 1.61. The Bertz CT molecular complexity index is 783. The highest BCUT2D eigenvalue weighted by molar-refractivity contribution is 5.61. The van der Waals surface area contributed by atoms with Gasteiger partial charge in [-0.1, -0.05) is 18.2 Å². The second-order valence-electron chi connectivity index (χ2n) is 5.65. The Hall–Kier alpha value is -2.66. The quantitative estimate of drug-likeness (QED) is 0.680. The maximum atomic E-state index is 5.39. The molecular weight excluding hydrogens is 300 g/mol. The molecule has 0 radical (unpaired) electrons. The van der Waals surface area contributed by atoms with Crippen LogP contribution in [0.5, 0.6) is 5.75 Å². The van der Waals surface area contributed by atoms with E-state index in [9.17, 15) is 0 Å². The molecule has 0 saturated heterocycles. The van der Waals surface area contributed by atoms with E-state index < -0.39 is 0 Å². The van der Waals surface area contributed by atoms with E-state index in [1.807, 2.05) is 42.1 Å². The molecule has 124 valence electrons. The van der Waals surface area contributed by atoms with Gasteiger partial charge in [0.15, 0.2) is 0 Å². The minimum atomic E-state index is 0.778. The van der Waals surface area contributed by atoms with Gasteiger partial charge in [-0.2, -0.15) is 5.10 Å². The van der Waals surface area contributed by atoms with Crippen LogP contribution in [0, 0.1) is 0 Å². The summed E-state index contributed by atoms with van der Waals surface area (Å²) in [5.74, 6) is 0.943. The van der Waals surface area contributed by atoms with Crippen molar-refractivity contribution in [2.45, 2.75) is 13.0 Å². The van der Waals surface area contributed by atoms with Gasteiger partial charge in [0.2, 0.25) is 0 Å². The topological polar surface area (TPSA) is 52.0 Å². The Kier molecular flexibility index (Phi) is 5.23. The molecule has 0 aliphatic carbocycles. The molecule has 0 saturated carbocycles. The van der Waals surface area contributed by atoms with Crippen LogP contribution < -0.4 is 10.1 Å². The number of benzene rings is 1. The van der Waals surface area contributed by atoms with Crippen molar-refractivity contribution >= 4 is 0 Å². The number of para-hydroxylation sites is 1. The van der Waals surface area contributed by atoms with Crippen LogP contribution in [-0.4, -0.2) is 28.4 Å². The minimum Gasteiger partial charge on any atom is -0.496 e. The fourth-order valence-corrected chi connectivity index (χ4v) is 2.78. The predicted octanol–water partition coefficient (Wildman–Crippen LogP) is 2.82. The summed E-state index contributed by atoms with van der Waals surface area (Å²) >= 11 is 0. The van der Waals surface area contributed by atoms with Crippen molar-refractivity contribution in [1.82, 2.24) is 20.1 Å². The molecule has 0 fully saturated rings. The summed E-state index contributed by atoms with van der Waals surface area (Å²) in [7, 11) is 3.66. The number of aryl methyl sites for hydroxylation is 1. The Morgan fingerprint density at radius 1 is 1.08 bits per heavy atom. The molecule has 2 aromatic heterocycles. The van der Waals surface area contributed by atoms with Gasteiger partial charge in [-0.15, -0.1) is 0 Å². The molecule has 5 heteroatoms. The van der Waals surface area contributed by atoms with Crippen molar-refractivity contribution < 1.29 is 4.74 Å². The zero-order chi connectivity index (χ0) is 16.8. The van der Waals surface area contributed by atoms with Gasteiger partial charge in [0.1, 0.15) is 5.75 Å². The standard InChI is InChI=1S/C19H22N4O/c1-23-14-17(19(22-23)16-8-10-20-11-9-16)13-21-12-7-15-5-3-4-6-18(15)24-2/h3-6,8-11,14,21H,7,12-13H2,1-2H3. The van der Waals surface area contributed by atoms with Crippen molar-refractivity contribution in [3.8, 4) is 17.0 Å². The molecule has 1 N–H and O–H groups in total. The summed E-state index contributed by atoms with van der Waals surface area (Å²) in [5.41, 5.74) is 4.49. The third-order valence-corrected chi connectivity index (χ3v) is 3.94. The van der Waals surface area contributed by atoms with E-state index in [1.165, 1.54) is 11.1 Å². The molecule has 0 bridgehead atoms. The second-order valence-corrected chi connectivity index (χ2v) is 5.65. The lowest BCUT2D eigenvalue weighted by Gasteiger charge is -2.09. The Morgan fingerprint density at radius 2 is 1.88 bits per heavy atom. The fourth-order valence-electron chi connectivity index (χ4n) is 2.78. The summed E-state index contributed by atoms with van der Waals surface area (Å²) in [4.78, 5) is 4.07. The molecule has 1 aromatic carbocycles. The van der Waals surface area contributed by atoms with Crippen LogP contribution in [0.15, 0.2) is 55.0 Å². The number of ether oxygens (including phenoxy) is 1. The van der Waals surface area contributed by atoms with Gasteiger partial charge >= 0.3 is 0 Å². The summed E-state index contributed by atoms with van der Waals surface area (Å²) in [5, 5.41) is 8.07. The second kappa shape index (κ2) is 7.75. The molecule has 0 spiro atoms. The molecule has 0 amide bonds. The summed E-state index contributed by atoms with van der Waals surface area (Å²) < 4.78 is 7.25. The molecule has 0 unspecified atom stereocenters. The van der Waals surface area contributed by atoms with Crippen molar-refractivity contribution in [1.29, 1.82) is 0 Å². The van der Waals surface area contributed by atoms with Gasteiger partial charge in [-0.25, -0.2) is 0 Å². The number of nitrogens with one attached hydrogen (secondary N) is 1. The average Bonchev–Trinajstić information content (AvgIpc) is 3.00. The lowest BCUT2D eigenvalue weighted by atomic mass is 10.1. The van der Waals surface area contributed by atoms with Crippen LogP contribution in [0.2, 0.25) is 0 Å². The lowest BCUT2D eigenvalue weighted by Crippen LogP contribution is -2.17.